The average Bonchev–Trinajstić information content (AvgIpc) is 2.92. The lowest BCUT2D eigenvalue weighted by Crippen LogP contribution is -2.56. The number of aldehydes is 1. The second kappa shape index (κ2) is 17.2. The molecular weight excluding hydrogens is 554 g/mol. The molecule has 0 aromatic rings. The van der Waals surface area contributed by atoms with Crippen LogP contribution in [0.1, 0.15) is 80.6 Å². The lowest BCUT2D eigenvalue weighted by Gasteiger charge is -2.44. The molecule has 0 amide bonds. The standard InChI is InChI=1S/C33H53NO9/c1-10-28-21(4)15-19(2)11-12-27(37)20(3)16-25(13-14-35)32(23(6)29(41-24(7)36)18-30(38)42-28)43-33-31(39)26(34(8)9)17-22(5)40-33/h11-12,14-15,20-23,25-26,28-29,31-33,39H,10,13,16-18H2,1-9H3. The van der Waals surface area contributed by atoms with Crippen molar-refractivity contribution >= 4 is 24.0 Å². The number of aliphatic hydroxyl groups is 1. The van der Waals surface area contributed by atoms with Gasteiger partial charge >= 0.3 is 11.9 Å². The fraction of sp³-hybridized carbons (Fsp3) is 0.758. The molecule has 0 aliphatic carbocycles. The molecule has 0 bridgehead atoms. The van der Waals surface area contributed by atoms with Gasteiger partial charge < -0.3 is 33.7 Å². The number of allylic oxidation sites excluding steroid dienone is 3. The molecule has 0 aromatic heterocycles. The summed E-state index contributed by atoms with van der Waals surface area (Å²) in [6.07, 6.45) is 2.87. The van der Waals surface area contributed by atoms with E-state index in [0.29, 0.717) is 19.3 Å². The topological polar surface area (TPSA) is 129 Å². The smallest absolute Gasteiger partial charge is 0.309 e. The van der Waals surface area contributed by atoms with E-state index in [1.165, 1.54) is 6.92 Å². The maximum Gasteiger partial charge on any atom is 0.309 e. The summed E-state index contributed by atoms with van der Waals surface area (Å²) in [5.74, 6) is -2.90. The molecule has 43 heavy (non-hydrogen) atoms. The van der Waals surface area contributed by atoms with Gasteiger partial charge in [0.15, 0.2) is 12.1 Å². The van der Waals surface area contributed by atoms with E-state index in [1.807, 2.05) is 52.8 Å². The predicted molar refractivity (Wildman–Crippen MR) is 162 cm³/mol. The molecule has 10 heteroatoms. The van der Waals surface area contributed by atoms with Crippen molar-refractivity contribution in [2.24, 2.45) is 23.7 Å². The largest absolute Gasteiger partial charge is 0.462 e. The van der Waals surface area contributed by atoms with Gasteiger partial charge in [0.2, 0.25) is 0 Å². The predicted octanol–water partition coefficient (Wildman–Crippen LogP) is 4.03. The fourth-order valence-corrected chi connectivity index (χ4v) is 6.19. The lowest BCUT2D eigenvalue weighted by molar-refractivity contribution is -0.283. The molecule has 2 heterocycles. The Balaban J connectivity index is 2.60. The number of carbonyl (C=O) groups is 4. The van der Waals surface area contributed by atoms with Crippen molar-refractivity contribution in [3.8, 4) is 0 Å². The van der Waals surface area contributed by atoms with Gasteiger partial charge in [0.1, 0.15) is 24.6 Å². The zero-order chi connectivity index (χ0) is 32.4. The highest BCUT2D eigenvalue weighted by atomic mass is 16.7. The van der Waals surface area contributed by atoms with Crippen LogP contribution in [0, 0.1) is 23.7 Å². The SMILES string of the molecule is CCC1OC(=O)CC(OC(C)=O)C(C)C(OC2OC(C)CC(N(C)C)C2O)C(CC=O)CC(C)C(=O)C=CC(C)=CC1C. The first-order chi connectivity index (χ1) is 20.2. The van der Waals surface area contributed by atoms with Crippen LogP contribution in [-0.2, 0) is 38.1 Å². The van der Waals surface area contributed by atoms with Crippen LogP contribution in [0.3, 0.4) is 0 Å². The number of likely N-dealkylation sites (N-methyl/N-ethyl adjacent to an activating group) is 1. The van der Waals surface area contributed by atoms with Crippen molar-refractivity contribution in [1.82, 2.24) is 4.90 Å². The zero-order valence-corrected chi connectivity index (χ0v) is 27.4. The molecule has 0 radical (unpaired) electrons. The first-order valence-electron chi connectivity index (χ1n) is 15.5. The Morgan fingerprint density at radius 3 is 2.40 bits per heavy atom. The summed E-state index contributed by atoms with van der Waals surface area (Å²) in [6, 6.07) is -0.242. The third-order valence-corrected chi connectivity index (χ3v) is 8.67. The molecule has 2 aliphatic rings. The Morgan fingerprint density at radius 2 is 1.81 bits per heavy atom. The van der Waals surface area contributed by atoms with Gasteiger partial charge in [0.25, 0.3) is 0 Å². The summed E-state index contributed by atoms with van der Waals surface area (Å²) in [5.41, 5.74) is 0.861. The summed E-state index contributed by atoms with van der Waals surface area (Å²) in [4.78, 5) is 52.6. The van der Waals surface area contributed by atoms with E-state index in [4.69, 9.17) is 18.9 Å². The number of nitrogens with zero attached hydrogens (tertiary/aromatic N) is 1. The zero-order valence-electron chi connectivity index (χ0n) is 27.4. The second-order valence-electron chi connectivity index (χ2n) is 12.6. The molecule has 1 saturated heterocycles. The Hall–Kier alpha value is -2.40. The highest BCUT2D eigenvalue weighted by Crippen LogP contribution is 2.35. The molecule has 11 unspecified atom stereocenters. The quantitative estimate of drug-likeness (QED) is 0.335. The van der Waals surface area contributed by atoms with Gasteiger partial charge in [-0.1, -0.05) is 45.4 Å². The van der Waals surface area contributed by atoms with E-state index in [9.17, 15) is 24.3 Å². The highest BCUT2D eigenvalue weighted by Gasteiger charge is 2.44. The van der Waals surface area contributed by atoms with E-state index < -0.39 is 60.4 Å². The summed E-state index contributed by atoms with van der Waals surface area (Å²) >= 11 is 0. The number of aliphatic hydroxyl groups excluding tert-OH is 1. The van der Waals surface area contributed by atoms with Crippen LogP contribution in [0.5, 0.6) is 0 Å². The number of ketones is 1. The minimum absolute atomic E-state index is 0.0530. The van der Waals surface area contributed by atoms with Crippen molar-refractivity contribution in [2.75, 3.05) is 14.1 Å². The molecule has 11 atom stereocenters. The van der Waals surface area contributed by atoms with Crippen LogP contribution in [0.2, 0.25) is 0 Å². The monoisotopic (exact) mass is 607 g/mol. The van der Waals surface area contributed by atoms with E-state index in [0.717, 1.165) is 11.9 Å². The molecule has 2 rings (SSSR count). The van der Waals surface area contributed by atoms with Gasteiger partial charge in [-0.25, -0.2) is 0 Å². The molecule has 0 saturated carbocycles. The number of hydrogen-bond acceptors (Lipinski definition) is 10. The Morgan fingerprint density at radius 1 is 1.14 bits per heavy atom. The van der Waals surface area contributed by atoms with Crippen LogP contribution in [0.4, 0.5) is 0 Å². The van der Waals surface area contributed by atoms with E-state index in [1.54, 1.807) is 26.0 Å². The molecule has 10 nitrogen and oxygen atoms in total. The number of carbonyl (C=O) groups excluding carboxylic acids is 4. The molecule has 1 N–H and O–H groups in total. The first-order valence-corrected chi connectivity index (χ1v) is 15.5. The molecular formula is C33H53NO9. The molecule has 0 spiro atoms. The Labute approximate surface area is 257 Å². The number of rotatable bonds is 7. The Kier molecular flexibility index (Phi) is 14.7. The maximum atomic E-state index is 13.3. The fourth-order valence-electron chi connectivity index (χ4n) is 6.19. The van der Waals surface area contributed by atoms with E-state index in [-0.39, 0.29) is 36.7 Å². The third kappa shape index (κ3) is 10.9. The first kappa shape index (κ1) is 36.8. The molecule has 1 fully saturated rings. The van der Waals surface area contributed by atoms with Crippen molar-refractivity contribution in [2.45, 2.75) is 123 Å². The maximum absolute atomic E-state index is 13.3. The Bertz CT molecular complexity index is 1010. The van der Waals surface area contributed by atoms with E-state index in [2.05, 4.69) is 0 Å². The summed E-state index contributed by atoms with van der Waals surface area (Å²) in [5, 5.41) is 11.2. The van der Waals surface area contributed by atoms with Gasteiger partial charge in [-0.05, 0) is 59.2 Å². The number of esters is 2. The van der Waals surface area contributed by atoms with Gasteiger partial charge in [-0.15, -0.1) is 0 Å². The van der Waals surface area contributed by atoms with Gasteiger partial charge in [-0.2, -0.15) is 0 Å². The third-order valence-electron chi connectivity index (χ3n) is 8.67. The molecule has 244 valence electrons. The summed E-state index contributed by atoms with van der Waals surface area (Å²) < 4.78 is 24.1. The number of hydrogen-bond donors (Lipinski definition) is 1. The van der Waals surface area contributed by atoms with Crippen molar-refractivity contribution in [3.05, 3.63) is 23.8 Å². The average molecular weight is 608 g/mol. The minimum atomic E-state index is -1.04. The van der Waals surface area contributed by atoms with Crippen LogP contribution in [0.25, 0.3) is 0 Å². The summed E-state index contributed by atoms with van der Waals surface area (Å²) in [7, 11) is 3.75. The summed E-state index contributed by atoms with van der Waals surface area (Å²) in [6.45, 7) is 12.5. The van der Waals surface area contributed by atoms with Gasteiger partial charge in [0, 0.05) is 37.1 Å². The van der Waals surface area contributed by atoms with Crippen LogP contribution >= 0.6 is 0 Å². The van der Waals surface area contributed by atoms with Crippen LogP contribution < -0.4 is 0 Å². The van der Waals surface area contributed by atoms with Crippen molar-refractivity contribution < 1.29 is 43.2 Å². The normalized spacial score (nSPS) is 37.0. The van der Waals surface area contributed by atoms with Crippen LogP contribution in [-0.4, -0.2) is 91.0 Å². The molecule has 0 aromatic carbocycles. The minimum Gasteiger partial charge on any atom is -0.462 e. The lowest BCUT2D eigenvalue weighted by atomic mass is 9.79. The van der Waals surface area contributed by atoms with Crippen LogP contribution in [0.15, 0.2) is 23.8 Å². The number of cyclic esters (lactones) is 1. The molecule has 2 aliphatic heterocycles. The second-order valence-corrected chi connectivity index (χ2v) is 12.6. The van der Waals surface area contributed by atoms with Crippen molar-refractivity contribution in [1.29, 1.82) is 0 Å². The van der Waals surface area contributed by atoms with Gasteiger partial charge in [0.05, 0.1) is 18.6 Å². The van der Waals surface area contributed by atoms with E-state index >= 15 is 0 Å². The number of ether oxygens (including phenoxy) is 4. The van der Waals surface area contributed by atoms with Gasteiger partial charge in [-0.3, -0.25) is 14.4 Å². The van der Waals surface area contributed by atoms with Crippen molar-refractivity contribution in [3.63, 3.8) is 0 Å². The highest BCUT2D eigenvalue weighted by molar-refractivity contribution is 5.91.